The molecule has 1 N–H and O–H groups in total. The van der Waals surface area contributed by atoms with E-state index in [4.69, 9.17) is 14.4 Å². The highest BCUT2D eigenvalue weighted by atomic mass is 16.3. The summed E-state index contributed by atoms with van der Waals surface area (Å²) in [5.41, 5.74) is 14.0. The van der Waals surface area contributed by atoms with Crippen molar-refractivity contribution in [1.82, 2.24) is 5.32 Å². The smallest absolute Gasteiger partial charge is 0.170 e. The molecule has 1 aliphatic rings. The lowest BCUT2D eigenvalue weighted by molar-refractivity contribution is 0.667. The van der Waals surface area contributed by atoms with Crippen molar-refractivity contribution in [3.63, 3.8) is 0 Å². The average molecular weight is 706 g/mol. The number of nitrogens with zero attached hydrogens (tertiary/aromatic N) is 2. The molecule has 1 aromatic heterocycles. The summed E-state index contributed by atoms with van der Waals surface area (Å²) in [6.07, 6.45) is -0.507. The quantitative estimate of drug-likeness (QED) is 0.179. The third-order valence-electron chi connectivity index (χ3n) is 10.4. The lowest BCUT2D eigenvalue weighted by atomic mass is 9.97. The molecule has 0 spiro atoms. The Balaban J connectivity index is 1.07. The second kappa shape index (κ2) is 13.9. The molecule has 4 nitrogen and oxygen atoms in total. The van der Waals surface area contributed by atoms with Gasteiger partial charge in [-0.2, -0.15) is 0 Å². The van der Waals surface area contributed by atoms with Gasteiger partial charge in [0.15, 0.2) is 6.17 Å². The molecular weight excluding hydrogens is 671 g/mol. The zero-order chi connectivity index (χ0) is 36.6. The Hall–Kier alpha value is -7.30. The molecule has 0 atom stereocenters. The minimum absolute atomic E-state index is 0.507. The van der Waals surface area contributed by atoms with Crippen LogP contribution in [0.1, 0.15) is 22.9 Å². The van der Waals surface area contributed by atoms with Crippen LogP contribution in [0.4, 0.5) is 0 Å². The molecule has 260 valence electrons. The van der Waals surface area contributed by atoms with Crippen molar-refractivity contribution in [3.8, 4) is 44.5 Å². The molecule has 0 unspecified atom stereocenters. The largest absolute Gasteiger partial charge is 0.456 e. The first-order valence-corrected chi connectivity index (χ1v) is 18.6. The monoisotopic (exact) mass is 705 g/mol. The van der Waals surface area contributed by atoms with E-state index in [1.807, 2.05) is 30.3 Å². The van der Waals surface area contributed by atoms with E-state index in [2.05, 4.69) is 175 Å². The first-order chi connectivity index (χ1) is 27.2. The summed E-state index contributed by atoms with van der Waals surface area (Å²) in [5, 5.41) is 5.68. The molecule has 2 heterocycles. The molecule has 4 heteroatoms. The topological polar surface area (TPSA) is 49.9 Å². The van der Waals surface area contributed by atoms with Gasteiger partial charge < -0.3 is 9.73 Å². The predicted octanol–water partition coefficient (Wildman–Crippen LogP) is 12.7. The molecule has 0 amide bonds. The maximum absolute atomic E-state index is 6.47. The number of nitrogens with one attached hydrogen (secondary N) is 1. The molecule has 8 aromatic carbocycles. The summed E-state index contributed by atoms with van der Waals surface area (Å²) in [6, 6.07) is 69.9. The van der Waals surface area contributed by atoms with Crippen LogP contribution in [-0.2, 0) is 0 Å². The first-order valence-electron chi connectivity index (χ1n) is 18.6. The number of furan rings is 1. The number of hydrogen-bond acceptors (Lipinski definition) is 4. The van der Waals surface area contributed by atoms with Crippen molar-refractivity contribution in [2.75, 3.05) is 0 Å². The summed E-state index contributed by atoms with van der Waals surface area (Å²) in [6.45, 7) is 0. The number of hydrogen-bond donors (Lipinski definition) is 1. The van der Waals surface area contributed by atoms with Crippen molar-refractivity contribution < 1.29 is 4.42 Å². The van der Waals surface area contributed by atoms with Crippen molar-refractivity contribution in [2.45, 2.75) is 6.17 Å². The fourth-order valence-corrected chi connectivity index (χ4v) is 7.52. The van der Waals surface area contributed by atoms with Gasteiger partial charge in [-0.05, 0) is 62.7 Å². The van der Waals surface area contributed by atoms with Crippen molar-refractivity contribution in [2.24, 2.45) is 9.98 Å². The number of benzene rings is 8. The lowest BCUT2D eigenvalue weighted by Gasteiger charge is -2.23. The Morgan fingerprint density at radius 3 is 1.22 bits per heavy atom. The van der Waals surface area contributed by atoms with Gasteiger partial charge in [0.25, 0.3) is 0 Å². The molecule has 0 saturated carbocycles. The van der Waals surface area contributed by atoms with Crippen LogP contribution < -0.4 is 5.32 Å². The van der Waals surface area contributed by atoms with Crippen LogP contribution in [0.15, 0.2) is 215 Å². The number of amidine groups is 2. The van der Waals surface area contributed by atoms with Crippen LogP contribution in [0, 0.1) is 0 Å². The van der Waals surface area contributed by atoms with Crippen LogP contribution in [0.5, 0.6) is 0 Å². The fraction of sp³-hybridized carbons (Fsp3) is 0.0196. The van der Waals surface area contributed by atoms with E-state index in [0.29, 0.717) is 0 Å². The second-order valence-corrected chi connectivity index (χ2v) is 13.8. The molecular formula is C51H35N3O. The minimum atomic E-state index is -0.507. The van der Waals surface area contributed by atoms with Crippen molar-refractivity contribution in [1.29, 1.82) is 0 Å². The molecule has 0 saturated heterocycles. The SMILES string of the molecule is c1ccc(-c2ccc(C3=NC(c4cccc5oc6ccc(-c7ccc(-c8ccccc8)cc7)cc6c45)N=C(c4ccc(-c5ccccc5)cc4)N3)cc2)cc1. The Labute approximate surface area is 319 Å². The van der Waals surface area contributed by atoms with Gasteiger partial charge in [0, 0.05) is 27.5 Å². The van der Waals surface area contributed by atoms with Gasteiger partial charge in [-0.25, -0.2) is 9.98 Å². The third-order valence-corrected chi connectivity index (χ3v) is 10.4. The van der Waals surface area contributed by atoms with Gasteiger partial charge in [0.1, 0.15) is 22.8 Å². The molecule has 55 heavy (non-hydrogen) atoms. The maximum atomic E-state index is 6.47. The summed E-state index contributed by atoms with van der Waals surface area (Å²) in [4.78, 5) is 10.6. The highest BCUT2D eigenvalue weighted by molar-refractivity contribution is 6.16. The first kappa shape index (κ1) is 32.4. The number of fused-ring (bicyclic) bond motifs is 3. The second-order valence-electron chi connectivity index (χ2n) is 13.8. The van der Waals surface area contributed by atoms with E-state index in [1.165, 1.54) is 22.3 Å². The van der Waals surface area contributed by atoms with Crippen LogP contribution in [-0.4, -0.2) is 11.7 Å². The zero-order valence-electron chi connectivity index (χ0n) is 29.9. The molecule has 1 aliphatic heterocycles. The molecule has 9 aromatic rings. The van der Waals surface area contributed by atoms with Crippen molar-refractivity contribution >= 4 is 33.6 Å². The highest BCUT2D eigenvalue weighted by Gasteiger charge is 2.24. The van der Waals surface area contributed by atoms with E-state index < -0.39 is 6.17 Å². The van der Waals surface area contributed by atoms with Crippen LogP contribution >= 0.6 is 0 Å². The molecule has 0 radical (unpaired) electrons. The summed E-state index contributed by atoms with van der Waals surface area (Å²) < 4.78 is 6.47. The van der Waals surface area contributed by atoms with E-state index in [9.17, 15) is 0 Å². The third kappa shape index (κ3) is 6.30. The van der Waals surface area contributed by atoms with Crippen LogP contribution in [0.25, 0.3) is 66.4 Å². The molecule has 0 fully saturated rings. The molecule has 0 bridgehead atoms. The number of rotatable bonds is 7. The van der Waals surface area contributed by atoms with Crippen molar-refractivity contribution in [3.05, 3.63) is 217 Å². The normalized spacial score (nSPS) is 13.0. The van der Waals surface area contributed by atoms with E-state index in [1.54, 1.807) is 0 Å². The maximum Gasteiger partial charge on any atom is 0.170 e. The number of aliphatic imine (C=N–C) groups is 2. The predicted molar refractivity (Wildman–Crippen MR) is 227 cm³/mol. The van der Waals surface area contributed by atoms with Gasteiger partial charge in [0.2, 0.25) is 0 Å². The Morgan fingerprint density at radius 1 is 0.345 bits per heavy atom. The highest BCUT2D eigenvalue weighted by Crippen LogP contribution is 2.39. The minimum Gasteiger partial charge on any atom is -0.456 e. The van der Waals surface area contributed by atoms with Gasteiger partial charge in [-0.3, -0.25) is 0 Å². The van der Waals surface area contributed by atoms with Gasteiger partial charge in [-0.1, -0.05) is 182 Å². The van der Waals surface area contributed by atoms with E-state index in [0.717, 1.165) is 72.6 Å². The van der Waals surface area contributed by atoms with Gasteiger partial charge in [0.05, 0.1) is 0 Å². The summed E-state index contributed by atoms with van der Waals surface area (Å²) >= 11 is 0. The Bertz CT molecular complexity index is 2740. The van der Waals surface area contributed by atoms with E-state index in [-0.39, 0.29) is 0 Å². The average Bonchev–Trinajstić information content (AvgIpc) is 3.66. The van der Waals surface area contributed by atoms with E-state index >= 15 is 0 Å². The molecule has 10 rings (SSSR count). The zero-order valence-corrected chi connectivity index (χ0v) is 29.9. The van der Waals surface area contributed by atoms with Crippen LogP contribution in [0.2, 0.25) is 0 Å². The lowest BCUT2D eigenvalue weighted by Crippen LogP contribution is -2.36. The van der Waals surface area contributed by atoms with Gasteiger partial charge in [-0.15, -0.1) is 0 Å². The standard InChI is InChI=1S/C51H35N3O/c1-4-11-34(12-5-1)37-19-21-40(22-20-37)43-31-32-46-45(33-43)48-44(17-10-18-47(48)55-46)51-53-49(41-27-23-38(24-28-41)35-13-6-2-7-14-35)52-50(54-51)42-29-25-39(26-30-42)36-15-8-3-9-16-36/h1-33,51H,(H,52,53,54). The fourth-order valence-electron chi connectivity index (χ4n) is 7.52. The molecule has 0 aliphatic carbocycles. The summed E-state index contributed by atoms with van der Waals surface area (Å²) in [5.74, 6) is 1.54. The van der Waals surface area contributed by atoms with Gasteiger partial charge >= 0.3 is 0 Å². The van der Waals surface area contributed by atoms with Crippen LogP contribution in [0.3, 0.4) is 0 Å². The Morgan fingerprint density at radius 2 is 0.745 bits per heavy atom. The summed E-state index contributed by atoms with van der Waals surface area (Å²) in [7, 11) is 0. The Kier molecular flexibility index (Phi) is 8.19.